The summed E-state index contributed by atoms with van der Waals surface area (Å²) in [4.78, 5) is 19.4. The molecule has 1 aromatic heterocycles. The van der Waals surface area contributed by atoms with Crippen LogP contribution in [0, 0.1) is 6.92 Å². The van der Waals surface area contributed by atoms with Crippen LogP contribution in [-0.2, 0) is 17.7 Å². The number of thiophene rings is 1. The van der Waals surface area contributed by atoms with Crippen LogP contribution in [0.3, 0.4) is 0 Å². The highest BCUT2D eigenvalue weighted by molar-refractivity contribution is 7.14. The van der Waals surface area contributed by atoms with Gasteiger partial charge in [-0.05, 0) is 55.5 Å². The third-order valence-corrected chi connectivity index (χ3v) is 6.25. The molecule has 1 fully saturated rings. The zero-order valence-electron chi connectivity index (χ0n) is 16.8. The van der Waals surface area contributed by atoms with Crippen molar-refractivity contribution in [2.75, 3.05) is 32.1 Å². The van der Waals surface area contributed by atoms with E-state index in [1.807, 2.05) is 19.0 Å². The van der Waals surface area contributed by atoms with E-state index in [0.717, 1.165) is 42.0 Å². The molecule has 27 heavy (non-hydrogen) atoms. The van der Waals surface area contributed by atoms with E-state index in [9.17, 15) is 4.79 Å². The molecule has 1 atom stereocenters. The van der Waals surface area contributed by atoms with Gasteiger partial charge in [0.1, 0.15) is 0 Å². The summed E-state index contributed by atoms with van der Waals surface area (Å²) in [6.07, 6.45) is 3.24. The Morgan fingerprint density at radius 3 is 2.56 bits per heavy atom. The molecule has 1 amide bonds. The minimum absolute atomic E-state index is 0.120. The number of hydrogen-bond acceptors (Lipinski definition) is 4. The van der Waals surface area contributed by atoms with Gasteiger partial charge in [-0.2, -0.15) is 0 Å². The Hall–Kier alpha value is -1.85. The fraction of sp³-hybridized carbons (Fsp3) is 0.500. The number of ether oxygens (including phenoxy) is 1. The van der Waals surface area contributed by atoms with Gasteiger partial charge in [-0.3, -0.25) is 4.79 Å². The maximum atomic E-state index is 13.3. The maximum absolute atomic E-state index is 13.3. The topological polar surface area (TPSA) is 32.8 Å². The molecular weight excluding hydrogens is 356 g/mol. The largest absolute Gasteiger partial charge is 0.378 e. The lowest BCUT2D eigenvalue weighted by molar-refractivity contribution is 0.0511. The van der Waals surface area contributed by atoms with Crippen molar-refractivity contribution in [1.29, 1.82) is 0 Å². The van der Waals surface area contributed by atoms with Crippen LogP contribution in [-0.4, -0.2) is 44.2 Å². The van der Waals surface area contributed by atoms with Crippen LogP contribution in [0.2, 0.25) is 0 Å². The molecule has 5 heteroatoms. The number of rotatable bonds is 7. The summed E-state index contributed by atoms with van der Waals surface area (Å²) in [5.41, 5.74) is 3.59. The van der Waals surface area contributed by atoms with Crippen molar-refractivity contribution < 1.29 is 9.53 Å². The van der Waals surface area contributed by atoms with Gasteiger partial charge in [-0.1, -0.05) is 19.1 Å². The van der Waals surface area contributed by atoms with Crippen LogP contribution in [0.4, 0.5) is 5.69 Å². The number of carbonyl (C=O) groups is 1. The maximum Gasteiger partial charge on any atom is 0.264 e. The molecule has 146 valence electrons. The van der Waals surface area contributed by atoms with E-state index in [2.05, 4.69) is 49.1 Å². The molecule has 1 aromatic carbocycles. The number of nitrogens with zero attached hydrogens (tertiary/aromatic N) is 2. The lowest BCUT2D eigenvalue weighted by Gasteiger charge is -2.25. The molecule has 1 aliphatic rings. The standard InChI is InChI=1S/C22H30N2O2S/c1-5-18-13-21(27-16(18)2)22(25)24(15-20-7-6-12-26-20)14-17-8-10-19(11-9-17)23(3)4/h8-11,13,20H,5-7,12,14-15H2,1-4H3. The van der Waals surface area contributed by atoms with Gasteiger partial charge >= 0.3 is 0 Å². The lowest BCUT2D eigenvalue weighted by Crippen LogP contribution is -2.36. The third kappa shape index (κ3) is 4.90. The molecule has 1 unspecified atom stereocenters. The van der Waals surface area contributed by atoms with Gasteiger partial charge in [0.2, 0.25) is 0 Å². The van der Waals surface area contributed by atoms with Crippen LogP contribution in [0.1, 0.15) is 45.4 Å². The quantitative estimate of drug-likeness (QED) is 0.702. The molecule has 3 rings (SSSR count). The minimum atomic E-state index is 0.120. The third-order valence-electron chi connectivity index (χ3n) is 5.17. The highest BCUT2D eigenvalue weighted by Crippen LogP contribution is 2.25. The monoisotopic (exact) mass is 386 g/mol. The zero-order valence-corrected chi connectivity index (χ0v) is 17.6. The van der Waals surface area contributed by atoms with Crippen LogP contribution >= 0.6 is 11.3 Å². The Morgan fingerprint density at radius 2 is 2.00 bits per heavy atom. The number of amides is 1. The SMILES string of the molecule is CCc1cc(C(=O)N(Cc2ccc(N(C)C)cc2)CC2CCCO2)sc1C. The second-order valence-corrected chi connectivity index (χ2v) is 8.68. The number of benzene rings is 1. The molecule has 0 radical (unpaired) electrons. The molecule has 0 aliphatic carbocycles. The fourth-order valence-corrected chi connectivity index (χ4v) is 4.59. The van der Waals surface area contributed by atoms with E-state index in [1.165, 1.54) is 10.4 Å². The Balaban J connectivity index is 1.79. The molecule has 2 aromatic rings. The first-order valence-electron chi connectivity index (χ1n) is 9.74. The molecule has 2 heterocycles. The number of carbonyl (C=O) groups excluding carboxylic acids is 1. The summed E-state index contributed by atoms with van der Waals surface area (Å²) < 4.78 is 5.81. The second-order valence-electron chi connectivity index (χ2n) is 7.43. The molecule has 0 bridgehead atoms. The fourth-order valence-electron chi connectivity index (χ4n) is 3.51. The van der Waals surface area contributed by atoms with Crippen molar-refractivity contribution in [2.24, 2.45) is 0 Å². The Labute approximate surface area is 166 Å². The molecule has 0 N–H and O–H groups in total. The second kappa shape index (κ2) is 8.89. The van der Waals surface area contributed by atoms with E-state index in [0.29, 0.717) is 13.1 Å². The van der Waals surface area contributed by atoms with Crippen molar-refractivity contribution in [3.05, 3.63) is 51.2 Å². The molecule has 4 nitrogen and oxygen atoms in total. The zero-order chi connectivity index (χ0) is 19.4. The van der Waals surface area contributed by atoms with Crippen LogP contribution in [0.5, 0.6) is 0 Å². The molecule has 1 saturated heterocycles. The van der Waals surface area contributed by atoms with Gasteiger partial charge in [-0.15, -0.1) is 11.3 Å². The molecular formula is C22H30N2O2S. The number of aryl methyl sites for hydroxylation is 2. The first-order chi connectivity index (χ1) is 13.0. The van der Waals surface area contributed by atoms with Crippen LogP contribution in [0.15, 0.2) is 30.3 Å². The summed E-state index contributed by atoms with van der Waals surface area (Å²) in [5.74, 6) is 0.120. The average Bonchev–Trinajstić information content (AvgIpc) is 3.30. The first kappa shape index (κ1) is 19.9. The van der Waals surface area contributed by atoms with Gasteiger partial charge < -0.3 is 14.5 Å². The van der Waals surface area contributed by atoms with Crippen molar-refractivity contribution >= 4 is 22.9 Å². The van der Waals surface area contributed by atoms with Gasteiger partial charge in [-0.25, -0.2) is 0 Å². The number of hydrogen-bond donors (Lipinski definition) is 0. The Kier molecular flexibility index (Phi) is 6.55. The predicted octanol–water partition coefficient (Wildman–Crippen LogP) is 4.51. The van der Waals surface area contributed by atoms with Crippen LogP contribution in [0.25, 0.3) is 0 Å². The van der Waals surface area contributed by atoms with Crippen molar-refractivity contribution in [3.8, 4) is 0 Å². The lowest BCUT2D eigenvalue weighted by atomic mass is 10.1. The summed E-state index contributed by atoms with van der Waals surface area (Å²) in [6, 6.07) is 10.5. The summed E-state index contributed by atoms with van der Waals surface area (Å²) >= 11 is 1.61. The van der Waals surface area contributed by atoms with Crippen molar-refractivity contribution in [2.45, 2.75) is 45.8 Å². The van der Waals surface area contributed by atoms with Gasteiger partial charge in [0.15, 0.2) is 0 Å². The highest BCUT2D eigenvalue weighted by atomic mass is 32.1. The summed E-state index contributed by atoms with van der Waals surface area (Å²) in [7, 11) is 4.07. The van der Waals surface area contributed by atoms with E-state index in [-0.39, 0.29) is 12.0 Å². The summed E-state index contributed by atoms with van der Waals surface area (Å²) in [5, 5.41) is 0. The first-order valence-corrected chi connectivity index (χ1v) is 10.6. The Bertz CT molecular complexity index is 761. The van der Waals surface area contributed by atoms with Crippen LogP contribution < -0.4 is 4.90 Å². The molecule has 0 saturated carbocycles. The minimum Gasteiger partial charge on any atom is -0.378 e. The van der Waals surface area contributed by atoms with E-state index >= 15 is 0 Å². The van der Waals surface area contributed by atoms with E-state index in [1.54, 1.807) is 11.3 Å². The van der Waals surface area contributed by atoms with E-state index in [4.69, 9.17) is 4.74 Å². The van der Waals surface area contributed by atoms with Gasteiger partial charge in [0.25, 0.3) is 5.91 Å². The van der Waals surface area contributed by atoms with Crippen molar-refractivity contribution in [3.63, 3.8) is 0 Å². The Morgan fingerprint density at radius 1 is 1.26 bits per heavy atom. The normalized spacial score (nSPS) is 16.5. The average molecular weight is 387 g/mol. The predicted molar refractivity (Wildman–Crippen MR) is 113 cm³/mol. The molecule has 1 aliphatic heterocycles. The summed E-state index contributed by atoms with van der Waals surface area (Å²) in [6.45, 7) is 6.32. The highest BCUT2D eigenvalue weighted by Gasteiger charge is 2.25. The van der Waals surface area contributed by atoms with E-state index < -0.39 is 0 Å². The van der Waals surface area contributed by atoms with Gasteiger partial charge in [0.05, 0.1) is 11.0 Å². The number of anilines is 1. The smallest absolute Gasteiger partial charge is 0.264 e. The molecule has 0 spiro atoms. The van der Waals surface area contributed by atoms with Crippen molar-refractivity contribution in [1.82, 2.24) is 4.90 Å². The van der Waals surface area contributed by atoms with Gasteiger partial charge in [0, 0.05) is 44.4 Å².